The molecule has 3 aliphatic carbocycles. The third kappa shape index (κ3) is 6.06. The van der Waals surface area contributed by atoms with Crippen LogP contribution in [0.1, 0.15) is 98.3 Å². The van der Waals surface area contributed by atoms with Gasteiger partial charge in [0, 0.05) is 18.4 Å². The first kappa shape index (κ1) is 27.6. The highest BCUT2D eigenvalue weighted by atomic mass is 16.5. The molecule has 4 heteroatoms. The van der Waals surface area contributed by atoms with Gasteiger partial charge in [0.15, 0.2) is 0 Å². The molecule has 34 heavy (non-hydrogen) atoms. The molecular formula is C30H50O4. The van der Waals surface area contributed by atoms with E-state index in [9.17, 15) is 15.3 Å². The highest BCUT2D eigenvalue weighted by Crippen LogP contribution is 2.59. The van der Waals surface area contributed by atoms with Gasteiger partial charge in [-0.1, -0.05) is 52.0 Å². The lowest BCUT2D eigenvalue weighted by atomic mass is 9.60. The second-order valence-electron chi connectivity index (χ2n) is 11.7. The van der Waals surface area contributed by atoms with Crippen LogP contribution in [0.2, 0.25) is 0 Å². The van der Waals surface area contributed by atoms with Crippen molar-refractivity contribution in [1.82, 2.24) is 0 Å². The van der Waals surface area contributed by atoms with E-state index in [4.69, 9.17) is 4.74 Å². The zero-order valence-corrected chi connectivity index (χ0v) is 22.2. The molecule has 0 unspecified atom stereocenters. The summed E-state index contributed by atoms with van der Waals surface area (Å²) in [5, 5.41) is 30.9. The lowest BCUT2D eigenvalue weighted by Gasteiger charge is -2.46. The second kappa shape index (κ2) is 11.9. The maximum absolute atomic E-state index is 10.6. The van der Waals surface area contributed by atoms with Crippen LogP contribution < -0.4 is 0 Å². The molecule has 0 bridgehead atoms. The molecule has 0 radical (unpaired) electrons. The molecule has 3 aliphatic rings. The van der Waals surface area contributed by atoms with Gasteiger partial charge in [0.2, 0.25) is 0 Å². The van der Waals surface area contributed by atoms with Crippen LogP contribution in [0.5, 0.6) is 0 Å². The average molecular weight is 475 g/mol. The average Bonchev–Trinajstić information content (AvgIpc) is 3.20. The van der Waals surface area contributed by atoms with Gasteiger partial charge in [0.25, 0.3) is 0 Å². The fourth-order valence-corrected chi connectivity index (χ4v) is 7.20. The summed E-state index contributed by atoms with van der Waals surface area (Å²) in [4.78, 5) is 0. The van der Waals surface area contributed by atoms with Crippen LogP contribution in [0.15, 0.2) is 35.5 Å². The summed E-state index contributed by atoms with van der Waals surface area (Å²) in [7, 11) is 0. The molecule has 194 valence electrons. The molecular weight excluding hydrogens is 424 g/mol. The predicted octanol–water partition coefficient (Wildman–Crippen LogP) is 6.11. The van der Waals surface area contributed by atoms with Gasteiger partial charge < -0.3 is 20.1 Å². The van der Waals surface area contributed by atoms with Gasteiger partial charge in [0.05, 0.1) is 24.4 Å². The molecule has 0 heterocycles. The molecule has 5 atom stereocenters. The minimum Gasteiger partial charge on any atom is -0.393 e. The monoisotopic (exact) mass is 474 g/mol. The number of hydrogen-bond donors (Lipinski definition) is 3. The normalized spacial score (nSPS) is 34.9. The van der Waals surface area contributed by atoms with Crippen molar-refractivity contribution in [3.05, 3.63) is 35.5 Å². The zero-order chi connectivity index (χ0) is 24.9. The number of hydrogen-bond acceptors (Lipinski definition) is 4. The van der Waals surface area contributed by atoms with Crippen molar-refractivity contribution in [2.45, 2.75) is 116 Å². The summed E-state index contributed by atoms with van der Waals surface area (Å²) >= 11 is 0. The highest BCUT2D eigenvalue weighted by Gasteiger charge is 2.53. The molecule has 3 fully saturated rings. The van der Waals surface area contributed by atoms with Gasteiger partial charge in [0.1, 0.15) is 0 Å². The van der Waals surface area contributed by atoms with E-state index in [0.717, 1.165) is 56.5 Å². The maximum Gasteiger partial charge on any atom is 0.0811 e. The summed E-state index contributed by atoms with van der Waals surface area (Å²) in [6.45, 7) is 14.5. The highest BCUT2D eigenvalue weighted by molar-refractivity contribution is 5.38. The molecule has 3 N–H and O–H groups in total. The molecule has 0 aromatic heterocycles. The van der Waals surface area contributed by atoms with E-state index in [2.05, 4.69) is 46.4 Å². The van der Waals surface area contributed by atoms with Crippen LogP contribution in [0.3, 0.4) is 0 Å². The first-order valence-corrected chi connectivity index (χ1v) is 13.9. The SMILES string of the molecule is C=C1C(=CC=C2CCC[C@]3(COCCCC(O)(CC)CC)[C@@H](C(C)C)CC[C@@H]23)C[C@@H](O)C[C@@H]1O. The number of allylic oxidation sites excluding steroid dienone is 3. The summed E-state index contributed by atoms with van der Waals surface area (Å²) in [6, 6.07) is 0. The van der Waals surface area contributed by atoms with E-state index in [1.807, 2.05) is 0 Å². The Morgan fingerprint density at radius 1 is 1.18 bits per heavy atom. The smallest absolute Gasteiger partial charge is 0.0811 e. The van der Waals surface area contributed by atoms with E-state index in [1.54, 1.807) is 0 Å². The van der Waals surface area contributed by atoms with Gasteiger partial charge in [-0.3, -0.25) is 0 Å². The number of fused-ring (bicyclic) bond motifs is 1. The van der Waals surface area contributed by atoms with Crippen molar-refractivity contribution in [3.63, 3.8) is 0 Å². The quantitative estimate of drug-likeness (QED) is 0.334. The summed E-state index contributed by atoms with van der Waals surface area (Å²) in [5.41, 5.74) is 2.92. The van der Waals surface area contributed by atoms with Crippen LogP contribution >= 0.6 is 0 Å². The topological polar surface area (TPSA) is 69.9 Å². The molecule has 0 spiro atoms. The largest absolute Gasteiger partial charge is 0.393 e. The maximum atomic E-state index is 10.6. The molecule has 4 nitrogen and oxygen atoms in total. The fourth-order valence-electron chi connectivity index (χ4n) is 7.20. The third-order valence-corrected chi connectivity index (χ3v) is 9.44. The van der Waals surface area contributed by atoms with Gasteiger partial charge >= 0.3 is 0 Å². The minimum absolute atomic E-state index is 0.200. The number of aliphatic hydroxyl groups excluding tert-OH is 2. The molecule has 0 aromatic rings. The molecule has 0 aliphatic heterocycles. The van der Waals surface area contributed by atoms with Crippen LogP contribution in [0.25, 0.3) is 0 Å². The first-order chi connectivity index (χ1) is 16.2. The third-order valence-electron chi connectivity index (χ3n) is 9.44. The standard InChI is InChI=1S/C30H50O4/c1-6-29(33,7-2)15-9-17-34-20-30-16-8-10-23(27(30)14-13-26(30)21(3)4)11-12-24-18-25(31)19-28(32)22(24)5/h11-12,21,25-28,31-33H,5-10,13-20H2,1-4H3/t25-,26-,27+,28+,30+/m1/s1. The second-order valence-corrected chi connectivity index (χ2v) is 11.7. The van der Waals surface area contributed by atoms with Crippen LogP contribution in [0, 0.1) is 23.2 Å². The number of ether oxygens (including phenoxy) is 1. The Morgan fingerprint density at radius 3 is 2.59 bits per heavy atom. The Bertz CT molecular complexity index is 747. The van der Waals surface area contributed by atoms with Gasteiger partial charge in [-0.15, -0.1) is 0 Å². The zero-order valence-electron chi connectivity index (χ0n) is 22.2. The molecule has 0 aromatic carbocycles. The van der Waals surface area contributed by atoms with Crippen molar-refractivity contribution in [2.24, 2.45) is 23.2 Å². The van der Waals surface area contributed by atoms with Crippen LogP contribution in [-0.2, 0) is 4.74 Å². The molecule has 0 amide bonds. The minimum atomic E-state index is -0.637. The summed E-state index contributed by atoms with van der Waals surface area (Å²) in [6.07, 6.45) is 13.6. The van der Waals surface area contributed by atoms with Crippen molar-refractivity contribution < 1.29 is 20.1 Å². The number of aliphatic hydroxyl groups is 3. The van der Waals surface area contributed by atoms with Crippen LogP contribution in [0.4, 0.5) is 0 Å². The molecule has 3 saturated carbocycles. The van der Waals surface area contributed by atoms with Crippen molar-refractivity contribution >= 4 is 0 Å². The van der Waals surface area contributed by atoms with E-state index >= 15 is 0 Å². The van der Waals surface area contributed by atoms with Crippen molar-refractivity contribution in [3.8, 4) is 0 Å². The lowest BCUT2D eigenvalue weighted by Crippen LogP contribution is -2.42. The van der Waals surface area contributed by atoms with Crippen molar-refractivity contribution in [1.29, 1.82) is 0 Å². The van der Waals surface area contributed by atoms with E-state index < -0.39 is 17.8 Å². The summed E-state index contributed by atoms with van der Waals surface area (Å²) < 4.78 is 6.40. The van der Waals surface area contributed by atoms with Crippen molar-refractivity contribution in [2.75, 3.05) is 13.2 Å². The Hall–Kier alpha value is -0.940. The Balaban J connectivity index is 1.72. The van der Waals surface area contributed by atoms with Crippen LogP contribution in [-0.4, -0.2) is 46.3 Å². The van der Waals surface area contributed by atoms with Gasteiger partial charge in [-0.25, -0.2) is 0 Å². The van der Waals surface area contributed by atoms with E-state index in [-0.39, 0.29) is 5.41 Å². The van der Waals surface area contributed by atoms with E-state index in [1.165, 1.54) is 31.3 Å². The van der Waals surface area contributed by atoms with Gasteiger partial charge in [-0.2, -0.15) is 0 Å². The lowest BCUT2D eigenvalue weighted by molar-refractivity contribution is -0.0366. The first-order valence-electron chi connectivity index (χ1n) is 13.9. The van der Waals surface area contributed by atoms with E-state index in [0.29, 0.717) is 30.6 Å². The Kier molecular flexibility index (Phi) is 9.65. The molecule has 3 rings (SSSR count). The summed E-state index contributed by atoms with van der Waals surface area (Å²) in [5.74, 6) is 1.85. The molecule has 0 saturated heterocycles. The number of rotatable bonds is 10. The predicted molar refractivity (Wildman–Crippen MR) is 139 cm³/mol. The van der Waals surface area contributed by atoms with Gasteiger partial charge in [-0.05, 0) is 93.1 Å². The fraction of sp³-hybridized carbons (Fsp3) is 0.800. The Labute approximate surface area is 208 Å². The Morgan fingerprint density at radius 2 is 1.91 bits per heavy atom.